The van der Waals surface area contributed by atoms with Gasteiger partial charge in [0.1, 0.15) is 0 Å². The molecule has 0 saturated heterocycles. The van der Waals surface area contributed by atoms with Crippen molar-refractivity contribution in [1.82, 2.24) is 9.55 Å². The van der Waals surface area contributed by atoms with E-state index in [4.69, 9.17) is 11.6 Å². The topological polar surface area (TPSA) is 58.0 Å². The highest BCUT2D eigenvalue weighted by Gasteiger charge is 2.11. The van der Waals surface area contributed by atoms with E-state index in [1.54, 1.807) is 18.2 Å². The van der Waals surface area contributed by atoms with E-state index in [0.717, 1.165) is 6.07 Å². The van der Waals surface area contributed by atoms with Crippen LogP contribution in [0.15, 0.2) is 41.2 Å². The van der Waals surface area contributed by atoms with E-state index < -0.39 is 17.3 Å². The summed E-state index contributed by atoms with van der Waals surface area (Å²) in [7, 11) is 0. The Morgan fingerprint density at radius 1 is 1.21 bits per heavy atom. The summed E-state index contributed by atoms with van der Waals surface area (Å²) >= 11 is 5.90. The molecule has 0 fully saturated rings. The molecule has 0 bridgehead atoms. The molecule has 0 amide bonds. The highest BCUT2D eigenvalue weighted by Crippen LogP contribution is 2.22. The van der Waals surface area contributed by atoms with Crippen LogP contribution < -0.4 is 5.69 Å². The molecule has 0 aliphatic rings. The molecule has 0 spiro atoms. The van der Waals surface area contributed by atoms with Crippen LogP contribution in [0.3, 0.4) is 0 Å². The summed E-state index contributed by atoms with van der Waals surface area (Å²) in [6.07, 6.45) is 0. The lowest BCUT2D eigenvalue weighted by Gasteiger charge is -2.04. The second-order valence-electron chi connectivity index (χ2n) is 4.06. The van der Waals surface area contributed by atoms with E-state index in [1.807, 2.05) is 0 Å². The molecule has 19 heavy (non-hydrogen) atoms. The number of benzene rings is 2. The van der Waals surface area contributed by atoms with E-state index in [0.29, 0.717) is 21.7 Å². The second-order valence-corrected chi connectivity index (χ2v) is 4.50. The van der Waals surface area contributed by atoms with Crippen molar-refractivity contribution >= 4 is 22.6 Å². The third-order valence-electron chi connectivity index (χ3n) is 2.83. The van der Waals surface area contributed by atoms with Gasteiger partial charge in [0.2, 0.25) is 0 Å². The van der Waals surface area contributed by atoms with E-state index in [2.05, 4.69) is 4.98 Å². The van der Waals surface area contributed by atoms with Crippen LogP contribution in [0.5, 0.6) is 5.75 Å². The van der Waals surface area contributed by atoms with Crippen molar-refractivity contribution < 1.29 is 9.50 Å². The fraction of sp³-hybridized carbons (Fsp3) is 0. The Kier molecular flexibility index (Phi) is 2.57. The number of aromatic nitrogens is 2. The second kappa shape index (κ2) is 4.13. The maximum absolute atomic E-state index is 13.4. The van der Waals surface area contributed by atoms with Crippen molar-refractivity contribution in [3.8, 4) is 11.4 Å². The van der Waals surface area contributed by atoms with Gasteiger partial charge in [-0.15, -0.1) is 0 Å². The molecular weight excluding hydrogens is 271 g/mol. The Balaban J connectivity index is 2.35. The minimum absolute atomic E-state index is 0.314. The molecule has 96 valence electrons. The molecule has 6 heteroatoms. The molecule has 0 radical (unpaired) electrons. The van der Waals surface area contributed by atoms with Crippen molar-refractivity contribution in [2.75, 3.05) is 0 Å². The Bertz CT molecular complexity index is 838. The SMILES string of the molecule is O=c1[nH]c2ccc(Cl)cc2n1-c1ccc(O)c(F)c1. The average molecular weight is 279 g/mol. The standard InChI is InChI=1S/C13H8ClFN2O2/c14-7-1-3-10-11(5-7)17(13(19)16-10)8-2-4-12(18)9(15)6-8/h1-6,18H,(H,16,19). The fourth-order valence-electron chi connectivity index (χ4n) is 1.97. The Hall–Kier alpha value is -2.27. The highest BCUT2D eigenvalue weighted by atomic mass is 35.5. The van der Waals surface area contributed by atoms with Crippen LogP contribution in [0.1, 0.15) is 0 Å². The molecule has 2 N–H and O–H groups in total. The smallest absolute Gasteiger partial charge is 0.331 e. The van der Waals surface area contributed by atoms with Crippen LogP contribution in [0.4, 0.5) is 4.39 Å². The molecule has 0 atom stereocenters. The Labute approximate surface area is 111 Å². The summed E-state index contributed by atoms with van der Waals surface area (Å²) < 4.78 is 14.7. The third kappa shape index (κ3) is 1.88. The number of imidazole rings is 1. The molecular formula is C13H8ClFN2O2. The van der Waals surface area contributed by atoms with E-state index >= 15 is 0 Å². The quantitative estimate of drug-likeness (QED) is 0.719. The lowest BCUT2D eigenvalue weighted by molar-refractivity contribution is 0.432. The molecule has 3 rings (SSSR count). The van der Waals surface area contributed by atoms with E-state index in [-0.39, 0.29) is 0 Å². The highest BCUT2D eigenvalue weighted by molar-refractivity contribution is 6.31. The van der Waals surface area contributed by atoms with Gasteiger partial charge >= 0.3 is 5.69 Å². The maximum Gasteiger partial charge on any atom is 0.331 e. The van der Waals surface area contributed by atoms with Gasteiger partial charge in [-0.25, -0.2) is 9.18 Å². The summed E-state index contributed by atoms with van der Waals surface area (Å²) in [5.74, 6) is -1.25. The van der Waals surface area contributed by atoms with Crippen molar-refractivity contribution in [3.05, 3.63) is 57.7 Å². The number of H-pyrrole nitrogens is 1. The fourth-order valence-corrected chi connectivity index (χ4v) is 2.13. The molecule has 0 aliphatic heterocycles. The van der Waals surface area contributed by atoms with Gasteiger partial charge in [0.25, 0.3) is 0 Å². The van der Waals surface area contributed by atoms with Crippen molar-refractivity contribution in [3.63, 3.8) is 0 Å². The van der Waals surface area contributed by atoms with Gasteiger partial charge in [0.05, 0.1) is 16.7 Å². The van der Waals surface area contributed by atoms with Gasteiger partial charge < -0.3 is 10.1 Å². The summed E-state index contributed by atoms with van der Waals surface area (Å²) in [6, 6.07) is 8.67. The van der Waals surface area contributed by atoms with Crippen LogP contribution in [-0.4, -0.2) is 14.7 Å². The molecule has 1 heterocycles. The summed E-state index contributed by atoms with van der Waals surface area (Å²) in [5.41, 5.74) is 1.06. The number of rotatable bonds is 1. The van der Waals surface area contributed by atoms with Gasteiger partial charge in [-0.3, -0.25) is 4.57 Å². The van der Waals surface area contributed by atoms with Crippen LogP contribution in [0.25, 0.3) is 16.7 Å². The van der Waals surface area contributed by atoms with Gasteiger partial charge in [0.15, 0.2) is 11.6 Å². The molecule has 1 aromatic heterocycles. The number of aromatic amines is 1. The van der Waals surface area contributed by atoms with Crippen LogP contribution >= 0.6 is 11.6 Å². The molecule has 3 aromatic rings. The maximum atomic E-state index is 13.4. The van der Waals surface area contributed by atoms with Crippen molar-refractivity contribution in [1.29, 1.82) is 0 Å². The van der Waals surface area contributed by atoms with Gasteiger partial charge in [-0.05, 0) is 30.3 Å². The predicted molar refractivity (Wildman–Crippen MR) is 70.5 cm³/mol. The summed E-state index contributed by atoms with van der Waals surface area (Å²) in [5, 5.41) is 9.65. The first-order valence-corrected chi connectivity index (χ1v) is 5.83. The van der Waals surface area contributed by atoms with E-state index in [9.17, 15) is 14.3 Å². The van der Waals surface area contributed by atoms with Crippen molar-refractivity contribution in [2.24, 2.45) is 0 Å². The van der Waals surface area contributed by atoms with Crippen LogP contribution in [-0.2, 0) is 0 Å². The van der Waals surface area contributed by atoms with Crippen LogP contribution in [0.2, 0.25) is 5.02 Å². The number of phenols is 1. The van der Waals surface area contributed by atoms with Gasteiger partial charge in [-0.2, -0.15) is 0 Å². The minimum Gasteiger partial charge on any atom is -0.505 e. The number of hydrogen-bond acceptors (Lipinski definition) is 2. The largest absolute Gasteiger partial charge is 0.505 e. The van der Waals surface area contributed by atoms with Gasteiger partial charge in [0, 0.05) is 11.1 Å². The number of fused-ring (bicyclic) bond motifs is 1. The first kappa shape index (κ1) is 11.8. The molecule has 0 saturated carbocycles. The number of hydrogen-bond donors (Lipinski definition) is 2. The number of halogens is 2. The van der Waals surface area contributed by atoms with Crippen LogP contribution in [0, 0.1) is 5.82 Å². The number of nitrogens with one attached hydrogen (secondary N) is 1. The monoisotopic (exact) mass is 278 g/mol. The zero-order valence-corrected chi connectivity index (χ0v) is 10.3. The first-order chi connectivity index (χ1) is 9.06. The normalized spacial score (nSPS) is 11.1. The zero-order chi connectivity index (χ0) is 13.6. The number of nitrogens with zero attached hydrogens (tertiary/aromatic N) is 1. The minimum atomic E-state index is -0.791. The number of aromatic hydroxyl groups is 1. The lowest BCUT2D eigenvalue weighted by atomic mass is 10.2. The van der Waals surface area contributed by atoms with Crippen molar-refractivity contribution in [2.45, 2.75) is 0 Å². The summed E-state index contributed by atoms with van der Waals surface area (Å²) in [4.78, 5) is 14.6. The van der Waals surface area contributed by atoms with Gasteiger partial charge in [-0.1, -0.05) is 11.6 Å². The molecule has 2 aromatic carbocycles. The first-order valence-electron chi connectivity index (χ1n) is 5.45. The molecule has 0 aliphatic carbocycles. The van der Waals surface area contributed by atoms with E-state index in [1.165, 1.54) is 16.7 Å². The lowest BCUT2D eigenvalue weighted by Crippen LogP contribution is -2.14. The zero-order valence-electron chi connectivity index (χ0n) is 9.52. The summed E-state index contributed by atoms with van der Waals surface area (Å²) in [6.45, 7) is 0. The number of phenolic OH excluding ortho intramolecular Hbond substituents is 1. The Morgan fingerprint density at radius 3 is 2.74 bits per heavy atom. The molecule has 0 unspecified atom stereocenters. The third-order valence-corrected chi connectivity index (χ3v) is 3.07. The molecule has 4 nitrogen and oxygen atoms in total. The Morgan fingerprint density at radius 2 is 2.00 bits per heavy atom. The predicted octanol–water partition coefficient (Wildman–Crippen LogP) is 2.82. The average Bonchev–Trinajstić information content (AvgIpc) is 2.68.